The number of rotatable bonds is 5. The standard InChI is InChI=1S/C8H5F11/c9-2-1-6(13,14)8(18,19)4(10)5(11,12)3-7(15,16)17/h1-2,4H,3H2. The predicted molar refractivity (Wildman–Crippen MR) is 40.7 cm³/mol. The van der Waals surface area contributed by atoms with Crippen LogP contribution < -0.4 is 0 Å². The van der Waals surface area contributed by atoms with Crippen molar-refractivity contribution in [2.45, 2.75) is 36.5 Å². The van der Waals surface area contributed by atoms with Gasteiger partial charge in [0, 0.05) is 6.08 Å². The van der Waals surface area contributed by atoms with Crippen LogP contribution in [0.25, 0.3) is 0 Å². The molecule has 0 aromatic rings. The Labute approximate surface area is 98.4 Å². The number of hydrogen-bond acceptors (Lipinski definition) is 0. The Morgan fingerprint density at radius 3 is 1.58 bits per heavy atom. The molecule has 0 aromatic heterocycles. The third-order valence-electron chi connectivity index (χ3n) is 1.84. The van der Waals surface area contributed by atoms with Crippen molar-refractivity contribution >= 4 is 0 Å². The molecule has 0 rings (SSSR count). The fourth-order valence-electron chi connectivity index (χ4n) is 0.981. The van der Waals surface area contributed by atoms with Crippen LogP contribution in [0, 0.1) is 0 Å². The molecule has 0 N–H and O–H groups in total. The molecule has 1 atom stereocenters. The van der Waals surface area contributed by atoms with Crippen LogP contribution in [0.5, 0.6) is 0 Å². The van der Waals surface area contributed by atoms with E-state index in [1.807, 2.05) is 0 Å². The molecule has 0 fully saturated rings. The summed E-state index contributed by atoms with van der Waals surface area (Å²) in [6.45, 7) is 0. The third-order valence-corrected chi connectivity index (χ3v) is 1.84. The Bertz CT molecular complexity index is 326. The van der Waals surface area contributed by atoms with E-state index < -0.39 is 48.9 Å². The largest absolute Gasteiger partial charge is 0.394 e. The molecule has 0 aromatic carbocycles. The number of halogens is 11. The SMILES string of the molecule is FC=CC(F)(F)C(F)(F)C(F)C(F)(F)CC(F)(F)F. The zero-order chi connectivity index (χ0) is 15.7. The quantitative estimate of drug-likeness (QED) is 0.648. The van der Waals surface area contributed by atoms with Crippen molar-refractivity contribution in [1.29, 1.82) is 0 Å². The lowest BCUT2D eigenvalue weighted by Crippen LogP contribution is -2.55. The van der Waals surface area contributed by atoms with Crippen LogP contribution >= 0.6 is 0 Å². The van der Waals surface area contributed by atoms with Gasteiger partial charge in [-0.1, -0.05) is 0 Å². The molecule has 0 aliphatic heterocycles. The first-order valence-corrected chi connectivity index (χ1v) is 4.29. The lowest BCUT2D eigenvalue weighted by molar-refractivity contribution is -0.280. The van der Waals surface area contributed by atoms with E-state index in [1.165, 1.54) is 0 Å². The van der Waals surface area contributed by atoms with E-state index >= 15 is 0 Å². The second kappa shape index (κ2) is 5.16. The van der Waals surface area contributed by atoms with Crippen LogP contribution in [0.4, 0.5) is 48.3 Å². The molecule has 19 heavy (non-hydrogen) atoms. The Kier molecular flexibility index (Phi) is 4.88. The molecular weight excluding hydrogens is 305 g/mol. The van der Waals surface area contributed by atoms with E-state index in [1.54, 1.807) is 0 Å². The van der Waals surface area contributed by atoms with Crippen molar-refractivity contribution in [1.82, 2.24) is 0 Å². The van der Waals surface area contributed by atoms with E-state index in [4.69, 9.17) is 0 Å². The summed E-state index contributed by atoms with van der Waals surface area (Å²) in [5.74, 6) is -17.7. The maximum Gasteiger partial charge on any atom is 0.394 e. The van der Waals surface area contributed by atoms with Gasteiger partial charge in [0.1, 0.15) is 6.42 Å². The molecule has 1 unspecified atom stereocenters. The fraction of sp³-hybridized carbons (Fsp3) is 0.750. The summed E-state index contributed by atoms with van der Waals surface area (Å²) >= 11 is 0. The van der Waals surface area contributed by atoms with Gasteiger partial charge in [-0.25, -0.2) is 17.6 Å². The first-order valence-electron chi connectivity index (χ1n) is 4.29. The third kappa shape index (κ3) is 4.23. The first kappa shape index (κ1) is 18.0. The van der Waals surface area contributed by atoms with Crippen LogP contribution in [0.3, 0.4) is 0 Å². The van der Waals surface area contributed by atoms with Crippen molar-refractivity contribution < 1.29 is 48.3 Å². The second-order valence-electron chi connectivity index (χ2n) is 3.45. The highest BCUT2D eigenvalue weighted by Gasteiger charge is 2.69. The predicted octanol–water partition coefficient (Wildman–Crippen LogP) is 4.67. The number of hydrogen-bond donors (Lipinski definition) is 0. The summed E-state index contributed by atoms with van der Waals surface area (Å²) < 4.78 is 134. The number of allylic oxidation sites excluding steroid dienone is 1. The molecule has 0 aliphatic carbocycles. The van der Waals surface area contributed by atoms with Gasteiger partial charge in [0.15, 0.2) is 0 Å². The maximum absolute atomic E-state index is 12.7. The molecule has 0 bridgehead atoms. The minimum Gasteiger partial charge on any atom is -0.234 e. The van der Waals surface area contributed by atoms with E-state index in [-0.39, 0.29) is 0 Å². The van der Waals surface area contributed by atoms with Crippen molar-refractivity contribution in [3.63, 3.8) is 0 Å². The monoisotopic (exact) mass is 310 g/mol. The fourth-order valence-corrected chi connectivity index (χ4v) is 0.981. The zero-order valence-electron chi connectivity index (χ0n) is 8.60. The van der Waals surface area contributed by atoms with Gasteiger partial charge in [-0.3, -0.25) is 0 Å². The summed E-state index contributed by atoms with van der Waals surface area (Å²) in [5.41, 5.74) is 0. The van der Waals surface area contributed by atoms with Crippen molar-refractivity contribution in [3.8, 4) is 0 Å². The molecule has 0 saturated carbocycles. The topological polar surface area (TPSA) is 0 Å². The Hall–Kier alpha value is -1.03. The van der Waals surface area contributed by atoms with Crippen LogP contribution in [0.2, 0.25) is 0 Å². The van der Waals surface area contributed by atoms with Crippen molar-refractivity contribution in [3.05, 3.63) is 12.4 Å². The van der Waals surface area contributed by atoms with Gasteiger partial charge in [-0.2, -0.15) is 30.7 Å². The maximum atomic E-state index is 12.7. The molecule has 11 heteroatoms. The molecule has 0 aliphatic rings. The Balaban J connectivity index is 5.33. The normalized spacial score (nSPS) is 17.0. The van der Waals surface area contributed by atoms with Crippen LogP contribution in [0.15, 0.2) is 12.4 Å². The highest BCUT2D eigenvalue weighted by Crippen LogP contribution is 2.47. The molecule has 0 spiro atoms. The average Bonchev–Trinajstić information content (AvgIpc) is 2.12. The average molecular weight is 310 g/mol. The highest BCUT2D eigenvalue weighted by atomic mass is 19.4. The molecule has 0 saturated heterocycles. The smallest absolute Gasteiger partial charge is 0.234 e. The Morgan fingerprint density at radius 1 is 0.842 bits per heavy atom. The van der Waals surface area contributed by atoms with Gasteiger partial charge in [-0.15, -0.1) is 0 Å². The van der Waals surface area contributed by atoms with E-state index in [2.05, 4.69) is 0 Å². The van der Waals surface area contributed by atoms with Crippen LogP contribution in [-0.4, -0.2) is 30.1 Å². The van der Waals surface area contributed by atoms with Gasteiger partial charge >= 0.3 is 18.0 Å². The zero-order valence-corrected chi connectivity index (χ0v) is 8.60. The Morgan fingerprint density at radius 2 is 1.26 bits per heavy atom. The number of alkyl halides is 10. The molecule has 0 nitrogen and oxygen atoms in total. The molecule has 0 amide bonds. The molecule has 0 radical (unpaired) electrons. The summed E-state index contributed by atoms with van der Waals surface area (Å²) in [6, 6.07) is 0. The minimum absolute atomic E-state index is 1.16. The van der Waals surface area contributed by atoms with Gasteiger partial charge < -0.3 is 0 Å². The van der Waals surface area contributed by atoms with E-state index in [0.29, 0.717) is 0 Å². The highest BCUT2D eigenvalue weighted by molar-refractivity contribution is 5.06. The molecule has 114 valence electrons. The summed E-state index contributed by atoms with van der Waals surface area (Å²) in [6.07, 6.45) is -16.7. The summed E-state index contributed by atoms with van der Waals surface area (Å²) in [7, 11) is 0. The van der Waals surface area contributed by atoms with Gasteiger partial charge in [0.05, 0.1) is 6.33 Å². The lowest BCUT2D eigenvalue weighted by atomic mass is 9.99. The van der Waals surface area contributed by atoms with Gasteiger partial charge in [-0.05, 0) is 0 Å². The van der Waals surface area contributed by atoms with E-state index in [0.717, 1.165) is 0 Å². The molecular formula is C8H5F11. The van der Waals surface area contributed by atoms with Gasteiger partial charge in [0.2, 0.25) is 6.17 Å². The van der Waals surface area contributed by atoms with Crippen molar-refractivity contribution in [2.75, 3.05) is 0 Å². The minimum atomic E-state index is -6.22. The summed E-state index contributed by atoms with van der Waals surface area (Å²) in [5, 5.41) is 0. The second-order valence-corrected chi connectivity index (χ2v) is 3.45. The van der Waals surface area contributed by atoms with E-state index in [9.17, 15) is 48.3 Å². The summed E-state index contributed by atoms with van der Waals surface area (Å²) in [4.78, 5) is 0. The molecule has 0 heterocycles. The lowest BCUT2D eigenvalue weighted by Gasteiger charge is -2.31. The van der Waals surface area contributed by atoms with Gasteiger partial charge in [0.25, 0.3) is 5.92 Å². The first-order chi connectivity index (χ1) is 8.17. The van der Waals surface area contributed by atoms with Crippen LogP contribution in [0.1, 0.15) is 6.42 Å². The van der Waals surface area contributed by atoms with Crippen molar-refractivity contribution in [2.24, 2.45) is 0 Å². The van der Waals surface area contributed by atoms with Crippen LogP contribution in [-0.2, 0) is 0 Å².